The minimum absolute atomic E-state index is 0.00673. The Hall–Kier alpha value is -0.460. The van der Waals surface area contributed by atoms with Crippen LogP contribution in [0.4, 0.5) is 0 Å². The molecule has 0 atom stereocenters. The topological polar surface area (TPSA) is 66.5 Å². The van der Waals surface area contributed by atoms with Gasteiger partial charge in [0.2, 0.25) is 0 Å². The lowest BCUT2D eigenvalue weighted by Crippen LogP contribution is -2.46. The van der Waals surface area contributed by atoms with Crippen LogP contribution in [0.3, 0.4) is 0 Å². The van der Waals surface area contributed by atoms with Crippen molar-refractivity contribution in [3.05, 3.63) is 0 Å². The Morgan fingerprint density at radius 1 is 1.54 bits per heavy atom. The van der Waals surface area contributed by atoms with E-state index in [1.165, 1.54) is 4.31 Å². The number of nitrogens with zero attached hydrogens (tertiary/aromatic N) is 1. The molecule has 0 aromatic rings. The third-order valence-electron chi connectivity index (χ3n) is 1.88. The predicted octanol–water partition coefficient (Wildman–Crippen LogP) is -0.494. The molecule has 1 saturated heterocycles. The van der Waals surface area contributed by atoms with Gasteiger partial charge in [0.25, 0.3) is 10.2 Å². The lowest BCUT2D eigenvalue weighted by molar-refractivity contribution is -0.120. The van der Waals surface area contributed by atoms with Gasteiger partial charge in [-0.3, -0.25) is 4.79 Å². The van der Waals surface area contributed by atoms with Gasteiger partial charge in [0, 0.05) is 19.5 Å². The van der Waals surface area contributed by atoms with Crippen molar-refractivity contribution in [2.75, 3.05) is 19.6 Å². The maximum Gasteiger partial charge on any atom is 0.279 e. The van der Waals surface area contributed by atoms with Crippen molar-refractivity contribution in [1.29, 1.82) is 0 Å². The van der Waals surface area contributed by atoms with Gasteiger partial charge in [-0.25, -0.2) is 4.72 Å². The fourth-order valence-electron chi connectivity index (χ4n) is 1.29. The van der Waals surface area contributed by atoms with Gasteiger partial charge in [-0.2, -0.15) is 12.7 Å². The normalized spacial score (nSPS) is 20.5. The summed E-state index contributed by atoms with van der Waals surface area (Å²) in [5.41, 5.74) is 0. The molecule has 76 valence electrons. The summed E-state index contributed by atoms with van der Waals surface area (Å²) >= 11 is 0. The summed E-state index contributed by atoms with van der Waals surface area (Å²) in [7, 11) is -3.40. The number of hydrogen-bond acceptors (Lipinski definition) is 3. The molecule has 1 aliphatic heterocycles. The van der Waals surface area contributed by atoms with Crippen LogP contribution in [0.15, 0.2) is 0 Å². The molecule has 0 aromatic heterocycles. The summed E-state index contributed by atoms with van der Waals surface area (Å²) in [6.45, 7) is 2.53. The molecule has 0 bridgehead atoms. The lowest BCUT2D eigenvalue weighted by Gasteiger charge is -2.24. The van der Waals surface area contributed by atoms with Gasteiger partial charge in [-0.15, -0.1) is 0 Å². The van der Waals surface area contributed by atoms with E-state index in [1.807, 2.05) is 0 Å². The van der Waals surface area contributed by atoms with Gasteiger partial charge in [-0.05, 0) is 6.42 Å². The third kappa shape index (κ3) is 2.75. The Morgan fingerprint density at radius 3 is 2.77 bits per heavy atom. The van der Waals surface area contributed by atoms with E-state index < -0.39 is 10.2 Å². The maximum atomic E-state index is 11.4. The van der Waals surface area contributed by atoms with Crippen molar-refractivity contribution in [2.45, 2.75) is 19.8 Å². The summed E-state index contributed by atoms with van der Waals surface area (Å²) < 4.78 is 26.3. The summed E-state index contributed by atoms with van der Waals surface area (Å²) in [5.74, 6) is -0.00673. The number of Topliss-reactive ketones (excluding diaryl/α,β-unsaturated/α-hetero) is 1. The Morgan fingerprint density at radius 2 is 2.23 bits per heavy atom. The standard InChI is InChI=1S/C7H14N2O3S/c1-2-8-13(11,12)9-5-3-4-7(10)6-9/h8H,2-6H2,1H3. The smallest absolute Gasteiger partial charge is 0.279 e. The van der Waals surface area contributed by atoms with Crippen LogP contribution in [0, 0.1) is 0 Å². The van der Waals surface area contributed by atoms with Crippen LogP contribution in [0.5, 0.6) is 0 Å². The summed E-state index contributed by atoms with van der Waals surface area (Å²) in [4.78, 5) is 11.0. The van der Waals surface area contributed by atoms with Gasteiger partial charge in [0.05, 0.1) is 6.54 Å². The molecule has 13 heavy (non-hydrogen) atoms. The van der Waals surface area contributed by atoms with Crippen LogP contribution in [-0.2, 0) is 15.0 Å². The minimum Gasteiger partial charge on any atom is -0.298 e. The SMILES string of the molecule is CCNS(=O)(=O)N1CCCC(=O)C1. The van der Waals surface area contributed by atoms with Gasteiger partial charge in [-0.1, -0.05) is 6.92 Å². The van der Waals surface area contributed by atoms with Crippen molar-refractivity contribution >= 4 is 16.0 Å². The first kappa shape index (κ1) is 10.6. The summed E-state index contributed by atoms with van der Waals surface area (Å²) in [6, 6.07) is 0. The first-order chi connectivity index (χ1) is 6.06. The van der Waals surface area contributed by atoms with Crippen molar-refractivity contribution in [3.8, 4) is 0 Å². The van der Waals surface area contributed by atoms with Crippen LogP contribution >= 0.6 is 0 Å². The number of rotatable bonds is 3. The Balaban J connectivity index is 2.65. The van der Waals surface area contributed by atoms with Gasteiger partial charge in [0.1, 0.15) is 5.78 Å². The average Bonchev–Trinajstić information content (AvgIpc) is 2.04. The first-order valence-corrected chi connectivity index (χ1v) is 5.76. The number of ketones is 1. The number of hydrogen-bond donors (Lipinski definition) is 1. The predicted molar refractivity (Wildman–Crippen MR) is 48.4 cm³/mol. The van der Waals surface area contributed by atoms with Gasteiger partial charge >= 0.3 is 0 Å². The van der Waals surface area contributed by atoms with E-state index in [9.17, 15) is 13.2 Å². The average molecular weight is 206 g/mol. The molecule has 0 amide bonds. The molecule has 6 heteroatoms. The van der Waals surface area contributed by atoms with Crippen LogP contribution in [0.2, 0.25) is 0 Å². The minimum atomic E-state index is -3.40. The zero-order valence-electron chi connectivity index (χ0n) is 7.62. The van der Waals surface area contributed by atoms with Crippen LogP contribution in [0.1, 0.15) is 19.8 Å². The largest absolute Gasteiger partial charge is 0.298 e. The monoisotopic (exact) mass is 206 g/mol. The van der Waals surface area contributed by atoms with Gasteiger partial charge in [0.15, 0.2) is 0 Å². The zero-order valence-corrected chi connectivity index (χ0v) is 8.43. The highest BCUT2D eigenvalue weighted by molar-refractivity contribution is 7.87. The molecule has 0 spiro atoms. The lowest BCUT2D eigenvalue weighted by atomic mass is 10.1. The second-order valence-electron chi connectivity index (χ2n) is 2.98. The second kappa shape index (κ2) is 4.17. The molecule has 0 aromatic carbocycles. The van der Waals surface area contributed by atoms with Crippen LogP contribution in [0.25, 0.3) is 0 Å². The quantitative estimate of drug-likeness (QED) is 0.677. The van der Waals surface area contributed by atoms with Crippen LogP contribution < -0.4 is 4.72 Å². The number of carbonyl (C=O) groups excluding carboxylic acids is 1. The molecule has 1 fully saturated rings. The fourth-order valence-corrected chi connectivity index (χ4v) is 2.52. The molecule has 0 aliphatic carbocycles. The number of nitrogens with one attached hydrogen (secondary N) is 1. The van der Waals surface area contributed by atoms with Crippen LogP contribution in [-0.4, -0.2) is 38.1 Å². The number of piperidine rings is 1. The zero-order chi connectivity index (χ0) is 9.90. The Kier molecular flexibility index (Phi) is 3.40. The molecule has 0 radical (unpaired) electrons. The second-order valence-corrected chi connectivity index (χ2v) is 4.73. The highest BCUT2D eigenvalue weighted by Crippen LogP contribution is 2.08. The molecular weight excluding hydrogens is 192 g/mol. The molecule has 5 nitrogen and oxygen atoms in total. The van der Waals surface area contributed by atoms with Crippen molar-refractivity contribution < 1.29 is 13.2 Å². The summed E-state index contributed by atoms with van der Waals surface area (Å²) in [5, 5.41) is 0. The first-order valence-electron chi connectivity index (χ1n) is 4.32. The van der Waals surface area contributed by atoms with E-state index in [4.69, 9.17) is 0 Å². The Bertz CT molecular complexity index is 286. The molecule has 1 rings (SSSR count). The van der Waals surface area contributed by atoms with E-state index in [0.717, 1.165) is 0 Å². The molecule has 1 N–H and O–H groups in total. The van der Waals surface area contributed by atoms with E-state index in [0.29, 0.717) is 25.9 Å². The summed E-state index contributed by atoms with van der Waals surface area (Å²) in [6.07, 6.45) is 1.13. The molecule has 0 saturated carbocycles. The van der Waals surface area contributed by atoms with E-state index in [-0.39, 0.29) is 12.3 Å². The molecule has 0 unspecified atom stereocenters. The van der Waals surface area contributed by atoms with E-state index in [1.54, 1.807) is 6.92 Å². The fraction of sp³-hybridized carbons (Fsp3) is 0.857. The van der Waals surface area contributed by atoms with Crippen molar-refractivity contribution in [2.24, 2.45) is 0 Å². The molecule has 1 aliphatic rings. The number of carbonyl (C=O) groups is 1. The third-order valence-corrected chi connectivity index (χ3v) is 3.53. The van der Waals surface area contributed by atoms with Gasteiger partial charge < -0.3 is 0 Å². The highest BCUT2D eigenvalue weighted by atomic mass is 32.2. The van der Waals surface area contributed by atoms with Crippen molar-refractivity contribution in [1.82, 2.24) is 9.03 Å². The van der Waals surface area contributed by atoms with E-state index in [2.05, 4.69) is 4.72 Å². The van der Waals surface area contributed by atoms with E-state index >= 15 is 0 Å². The van der Waals surface area contributed by atoms with Crippen molar-refractivity contribution in [3.63, 3.8) is 0 Å². The maximum absolute atomic E-state index is 11.4. The molecule has 1 heterocycles. The molecular formula is C7H14N2O3S. The Labute approximate surface area is 78.3 Å². The highest BCUT2D eigenvalue weighted by Gasteiger charge is 2.26.